The maximum atomic E-state index is 10.9. The average molecular weight is 293 g/mol. The Balaban J connectivity index is 3.20. The summed E-state index contributed by atoms with van der Waals surface area (Å²) >= 11 is 0.287. The third-order valence-electron chi connectivity index (χ3n) is 1.41. The molecule has 0 saturated heterocycles. The molecule has 3 N–H and O–H groups in total. The zero-order chi connectivity index (χ0) is 10.0. The number of aromatic hydroxyl groups is 3. The van der Waals surface area contributed by atoms with Crippen LogP contribution in [0.3, 0.4) is 0 Å². The van der Waals surface area contributed by atoms with E-state index in [-0.39, 0.29) is 29.0 Å². The van der Waals surface area contributed by atoms with Gasteiger partial charge in [0.05, 0.1) is 0 Å². The zero-order valence-corrected chi connectivity index (χ0v) is 9.69. The number of rotatable bonds is 1. The summed E-state index contributed by atoms with van der Waals surface area (Å²) in [7, 11) is 0. The number of phenolic OH excluding ortho intramolecular Hbond substituents is 3. The molecule has 1 aromatic rings. The molecule has 0 saturated carbocycles. The van der Waals surface area contributed by atoms with E-state index in [1.54, 1.807) is 0 Å². The summed E-state index contributed by atoms with van der Waals surface area (Å²) in [5.74, 6) is -2.40. The van der Waals surface area contributed by atoms with Crippen LogP contribution in [-0.2, 0) is 3.02 Å². The van der Waals surface area contributed by atoms with Crippen LogP contribution in [0.25, 0.3) is 0 Å². The summed E-state index contributed by atoms with van der Waals surface area (Å²) in [5.41, 5.74) is 0.000370. The number of phenols is 3. The molecule has 0 aliphatic heterocycles. The zero-order valence-electron chi connectivity index (χ0n) is 6.39. The van der Waals surface area contributed by atoms with Crippen molar-refractivity contribution in [2.45, 2.75) is 0 Å². The summed E-state index contributed by atoms with van der Waals surface area (Å²) in [6.07, 6.45) is 0. The van der Waals surface area contributed by atoms with Crippen molar-refractivity contribution in [2.75, 3.05) is 0 Å². The van der Waals surface area contributed by atoms with E-state index in [1.807, 2.05) is 0 Å². The van der Waals surface area contributed by atoms with Crippen LogP contribution in [0.5, 0.6) is 17.2 Å². The van der Waals surface area contributed by atoms with Gasteiger partial charge in [-0.3, -0.25) is 0 Å². The molecule has 0 bridgehead atoms. The van der Waals surface area contributed by atoms with Gasteiger partial charge in [-0.05, 0) is 0 Å². The number of hydrogen-bond acceptors (Lipinski definition) is 5. The van der Waals surface area contributed by atoms with Crippen LogP contribution in [0.15, 0.2) is 12.1 Å². The van der Waals surface area contributed by atoms with Gasteiger partial charge in [-0.2, -0.15) is 0 Å². The molecule has 0 radical (unpaired) electrons. The summed E-state index contributed by atoms with van der Waals surface area (Å²) in [4.78, 5) is 10.9. The van der Waals surface area contributed by atoms with Crippen molar-refractivity contribution in [2.24, 2.45) is 0 Å². The molecule has 5 nitrogen and oxygen atoms in total. The fourth-order valence-corrected chi connectivity index (χ4v) is 1.18. The number of benzene rings is 1. The quantitative estimate of drug-likeness (QED) is 0.480. The Morgan fingerprint density at radius 2 is 1.69 bits per heavy atom. The Kier molecular flexibility index (Phi) is 2.88. The number of hydrogen-bond donors (Lipinski definition) is 3. The van der Waals surface area contributed by atoms with Crippen molar-refractivity contribution < 1.29 is 23.1 Å². The molecule has 1 rings (SSSR count). The summed E-state index contributed by atoms with van der Waals surface area (Å²) in [6, 6.07) is 2.04. The van der Waals surface area contributed by atoms with Crippen LogP contribution in [0.2, 0.25) is 0 Å². The molecule has 70 valence electrons. The van der Waals surface area contributed by atoms with E-state index in [0.717, 1.165) is 12.1 Å². The first kappa shape index (κ1) is 9.99. The average Bonchev–Trinajstić information content (AvgIpc) is 2.12. The monoisotopic (exact) mass is 292 g/mol. The van der Waals surface area contributed by atoms with Gasteiger partial charge in [0.1, 0.15) is 0 Å². The van der Waals surface area contributed by atoms with Gasteiger partial charge >= 0.3 is 87.5 Å². The minimum atomic E-state index is -0.649. The molecular formula is C7H7O5Sb. The fraction of sp³-hybridized carbons (Fsp3) is 0. The third kappa shape index (κ3) is 1.98. The number of carbonyl (C=O) groups excluding carboxylic acids is 1. The molecule has 0 aromatic heterocycles. The Bertz CT molecular complexity index is 326. The Hall–Kier alpha value is -1.09. The van der Waals surface area contributed by atoms with Crippen LogP contribution in [0.1, 0.15) is 10.4 Å². The summed E-state index contributed by atoms with van der Waals surface area (Å²) in [5, 5.41) is 27.0. The minimum absolute atomic E-state index is 0.000370. The maximum absolute atomic E-state index is 10.9. The molecular weight excluding hydrogens is 286 g/mol. The Morgan fingerprint density at radius 3 is 2.08 bits per heavy atom. The van der Waals surface area contributed by atoms with Crippen molar-refractivity contribution in [1.82, 2.24) is 0 Å². The number of carbonyl (C=O) groups is 1. The van der Waals surface area contributed by atoms with Gasteiger partial charge in [-0.1, -0.05) is 0 Å². The molecule has 0 atom stereocenters. The van der Waals surface area contributed by atoms with Gasteiger partial charge in [0.2, 0.25) is 0 Å². The van der Waals surface area contributed by atoms with E-state index in [9.17, 15) is 4.79 Å². The van der Waals surface area contributed by atoms with Crippen LogP contribution >= 0.6 is 0 Å². The third-order valence-corrected chi connectivity index (χ3v) is 2.02. The first-order valence-electron chi connectivity index (χ1n) is 3.22. The van der Waals surface area contributed by atoms with Gasteiger partial charge in [0.25, 0.3) is 0 Å². The topological polar surface area (TPSA) is 87.0 Å². The molecule has 13 heavy (non-hydrogen) atoms. The first-order chi connectivity index (χ1) is 6.06. The van der Waals surface area contributed by atoms with Crippen molar-refractivity contribution in [3.05, 3.63) is 17.7 Å². The van der Waals surface area contributed by atoms with E-state index in [1.165, 1.54) is 0 Å². The molecule has 0 heterocycles. The molecule has 6 heteroatoms. The fourth-order valence-electron chi connectivity index (χ4n) is 0.790. The standard InChI is InChI=1S/C7H6O5.Sb.2H/c8-4-1-3(7(11)12)2-5(9)6(4)10;;;/h1-2,8-10H,(H,11,12);;;/q;+1;;/p-1. The SMILES string of the molecule is O=C([O][SbH2])c1cc(O)c(O)c(O)c1. The second kappa shape index (κ2) is 3.75. The molecule has 1 aromatic carbocycles. The van der Waals surface area contributed by atoms with Gasteiger partial charge in [0.15, 0.2) is 0 Å². The van der Waals surface area contributed by atoms with Crippen molar-refractivity contribution in [3.63, 3.8) is 0 Å². The Morgan fingerprint density at radius 1 is 1.23 bits per heavy atom. The van der Waals surface area contributed by atoms with Gasteiger partial charge < -0.3 is 0 Å². The second-order valence-electron chi connectivity index (χ2n) is 2.27. The van der Waals surface area contributed by atoms with Crippen molar-refractivity contribution in [1.29, 1.82) is 0 Å². The predicted molar refractivity (Wildman–Crippen MR) is 45.4 cm³/mol. The van der Waals surface area contributed by atoms with Gasteiger partial charge in [-0.15, -0.1) is 0 Å². The van der Waals surface area contributed by atoms with Crippen LogP contribution in [0.4, 0.5) is 0 Å². The molecule has 0 aliphatic carbocycles. The Labute approximate surface area is 87.6 Å². The summed E-state index contributed by atoms with van der Waals surface area (Å²) < 4.78 is 4.47. The normalized spacial score (nSPS) is 9.62. The first-order valence-corrected chi connectivity index (χ1v) is 4.56. The molecule has 0 unspecified atom stereocenters. The van der Waals surface area contributed by atoms with E-state index < -0.39 is 23.2 Å². The van der Waals surface area contributed by atoms with E-state index in [2.05, 4.69) is 3.02 Å². The molecule has 0 fully saturated rings. The molecule has 0 amide bonds. The van der Waals surface area contributed by atoms with E-state index in [4.69, 9.17) is 15.3 Å². The second-order valence-corrected chi connectivity index (χ2v) is 2.94. The van der Waals surface area contributed by atoms with Gasteiger partial charge in [-0.25, -0.2) is 0 Å². The summed E-state index contributed by atoms with van der Waals surface area (Å²) in [6.45, 7) is 0. The van der Waals surface area contributed by atoms with Crippen LogP contribution in [-0.4, -0.2) is 44.7 Å². The van der Waals surface area contributed by atoms with Crippen LogP contribution in [0, 0.1) is 0 Å². The molecule has 0 spiro atoms. The van der Waals surface area contributed by atoms with E-state index in [0.29, 0.717) is 0 Å². The predicted octanol–water partition coefficient (Wildman–Crippen LogP) is -0.492. The van der Waals surface area contributed by atoms with Crippen molar-refractivity contribution in [3.8, 4) is 17.2 Å². The van der Waals surface area contributed by atoms with E-state index >= 15 is 0 Å². The van der Waals surface area contributed by atoms with Crippen LogP contribution < -0.4 is 0 Å². The van der Waals surface area contributed by atoms with Crippen molar-refractivity contribution >= 4 is 29.4 Å². The van der Waals surface area contributed by atoms with Gasteiger partial charge in [0, 0.05) is 0 Å². The molecule has 0 aliphatic rings.